The lowest BCUT2D eigenvalue weighted by Gasteiger charge is -2.18. The molecule has 0 radical (unpaired) electrons. The van der Waals surface area contributed by atoms with Crippen molar-refractivity contribution in [2.45, 2.75) is 0 Å². The predicted molar refractivity (Wildman–Crippen MR) is 107 cm³/mol. The fourth-order valence-electron chi connectivity index (χ4n) is 2.70. The fourth-order valence-corrected chi connectivity index (χ4v) is 3.82. The maximum absolute atomic E-state index is 12.3. The number of hydrogen-bond donors (Lipinski definition) is 2. The molecule has 142 valence electrons. The van der Waals surface area contributed by atoms with Crippen molar-refractivity contribution in [1.29, 1.82) is 0 Å². The SMILES string of the molecule is O=C(NNC(=O)c1ccccc1Cl)c1ccc(-c2ccc3c(c2)OCCO3)s1. The van der Waals surface area contributed by atoms with Crippen molar-refractivity contribution in [2.24, 2.45) is 0 Å². The molecule has 2 amide bonds. The molecule has 1 aliphatic heterocycles. The Morgan fingerprint density at radius 3 is 2.46 bits per heavy atom. The fraction of sp³-hybridized carbons (Fsp3) is 0.100. The van der Waals surface area contributed by atoms with Crippen LogP contribution in [-0.2, 0) is 0 Å². The lowest BCUT2D eigenvalue weighted by Crippen LogP contribution is -2.41. The Hall–Kier alpha value is -3.03. The zero-order chi connectivity index (χ0) is 19.5. The molecule has 8 heteroatoms. The highest BCUT2D eigenvalue weighted by Crippen LogP contribution is 2.36. The maximum Gasteiger partial charge on any atom is 0.279 e. The van der Waals surface area contributed by atoms with Gasteiger partial charge in [0.05, 0.1) is 15.5 Å². The number of benzene rings is 2. The lowest BCUT2D eigenvalue weighted by atomic mass is 10.1. The highest BCUT2D eigenvalue weighted by molar-refractivity contribution is 7.17. The Labute approximate surface area is 170 Å². The molecule has 0 atom stereocenters. The van der Waals surface area contributed by atoms with Gasteiger partial charge < -0.3 is 9.47 Å². The Bertz CT molecular complexity index is 1050. The standard InChI is InChI=1S/C20H15ClN2O4S/c21-14-4-2-1-3-13(14)19(24)22-23-20(25)18-8-7-17(28-18)12-5-6-15-16(11-12)27-10-9-26-15/h1-8,11H,9-10H2,(H,22,24)(H,23,25). The van der Waals surface area contributed by atoms with E-state index >= 15 is 0 Å². The summed E-state index contributed by atoms with van der Waals surface area (Å²) >= 11 is 7.29. The van der Waals surface area contributed by atoms with Crippen LogP contribution in [0.5, 0.6) is 11.5 Å². The Balaban J connectivity index is 1.43. The van der Waals surface area contributed by atoms with Crippen LogP contribution in [0.4, 0.5) is 0 Å². The average molecular weight is 415 g/mol. The second kappa shape index (κ2) is 7.92. The van der Waals surface area contributed by atoms with Crippen LogP contribution in [0.25, 0.3) is 10.4 Å². The number of rotatable bonds is 3. The third-order valence-corrected chi connectivity index (χ3v) is 5.53. The van der Waals surface area contributed by atoms with Crippen LogP contribution in [0.2, 0.25) is 5.02 Å². The normalized spacial score (nSPS) is 12.3. The van der Waals surface area contributed by atoms with Gasteiger partial charge in [-0.2, -0.15) is 0 Å². The summed E-state index contributed by atoms with van der Waals surface area (Å²) < 4.78 is 11.1. The molecular weight excluding hydrogens is 400 g/mol. The molecule has 4 rings (SSSR count). The number of amides is 2. The van der Waals surface area contributed by atoms with Crippen LogP contribution in [-0.4, -0.2) is 25.0 Å². The smallest absolute Gasteiger partial charge is 0.279 e. The van der Waals surface area contributed by atoms with Gasteiger partial charge in [0.2, 0.25) is 0 Å². The van der Waals surface area contributed by atoms with Crippen LogP contribution in [0.1, 0.15) is 20.0 Å². The first-order valence-corrected chi connectivity index (χ1v) is 9.66. The van der Waals surface area contributed by atoms with E-state index in [1.165, 1.54) is 11.3 Å². The van der Waals surface area contributed by atoms with Crippen molar-refractivity contribution >= 4 is 34.8 Å². The van der Waals surface area contributed by atoms with E-state index in [0.717, 1.165) is 10.4 Å². The second-order valence-electron chi connectivity index (χ2n) is 5.91. The molecule has 0 spiro atoms. The van der Waals surface area contributed by atoms with E-state index in [1.807, 2.05) is 24.3 Å². The van der Waals surface area contributed by atoms with Crippen molar-refractivity contribution in [2.75, 3.05) is 13.2 Å². The highest BCUT2D eigenvalue weighted by Gasteiger charge is 2.16. The first kappa shape index (κ1) is 18.3. The third kappa shape index (κ3) is 3.81. The Morgan fingerprint density at radius 1 is 0.893 bits per heavy atom. The van der Waals surface area contributed by atoms with E-state index in [2.05, 4.69) is 10.9 Å². The summed E-state index contributed by atoms with van der Waals surface area (Å²) in [6.45, 7) is 1.05. The van der Waals surface area contributed by atoms with E-state index in [4.69, 9.17) is 21.1 Å². The molecule has 0 fully saturated rings. The van der Waals surface area contributed by atoms with Crippen LogP contribution < -0.4 is 20.3 Å². The molecule has 0 aliphatic carbocycles. The number of carbonyl (C=O) groups excluding carboxylic acids is 2. The van der Waals surface area contributed by atoms with Gasteiger partial charge >= 0.3 is 0 Å². The summed E-state index contributed by atoms with van der Waals surface area (Å²) in [5.41, 5.74) is 5.99. The molecule has 0 unspecified atom stereocenters. The van der Waals surface area contributed by atoms with Crippen molar-refractivity contribution in [3.63, 3.8) is 0 Å². The predicted octanol–water partition coefficient (Wildman–Crippen LogP) is 3.91. The molecule has 2 N–H and O–H groups in total. The van der Waals surface area contributed by atoms with E-state index in [9.17, 15) is 9.59 Å². The maximum atomic E-state index is 12.3. The first-order valence-electron chi connectivity index (χ1n) is 8.47. The molecule has 0 saturated heterocycles. The van der Waals surface area contributed by atoms with E-state index in [-0.39, 0.29) is 5.56 Å². The van der Waals surface area contributed by atoms with Crippen LogP contribution in [0.3, 0.4) is 0 Å². The van der Waals surface area contributed by atoms with Gasteiger partial charge in [0, 0.05) is 4.88 Å². The number of ether oxygens (including phenoxy) is 2. The summed E-state index contributed by atoms with van der Waals surface area (Å²) in [7, 11) is 0. The van der Waals surface area contributed by atoms with Gasteiger partial charge in [-0.3, -0.25) is 20.4 Å². The van der Waals surface area contributed by atoms with Crippen LogP contribution in [0.15, 0.2) is 54.6 Å². The molecule has 2 aromatic carbocycles. The molecule has 28 heavy (non-hydrogen) atoms. The number of hydrogen-bond acceptors (Lipinski definition) is 5. The van der Waals surface area contributed by atoms with Gasteiger partial charge in [-0.05, 0) is 48.0 Å². The van der Waals surface area contributed by atoms with Gasteiger partial charge in [-0.15, -0.1) is 11.3 Å². The molecular formula is C20H15ClN2O4S. The Morgan fingerprint density at radius 2 is 1.64 bits per heavy atom. The minimum atomic E-state index is -0.484. The van der Waals surface area contributed by atoms with Crippen LogP contribution >= 0.6 is 22.9 Å². The van der Waals surface area contributed by atoms with E-state index < -0.39 is 11.8 Å². The van der Waals surface area contributed by atoms with Crippen molar-refractivity contribution in [3.05, 3.63) is 70.1 Å². The zero-order valence-electron chi connectivity index (χ0n) is 14.5. The van der Waals surface area contributed by atoms with Gasteiger partial charge in [-0.25, -0.2) is 0 Å². The summed E-state index contributed by atoms with van der Waals surface area (Å²) in [6, 6.07) is 15.8. The van der Waals surface area contributed by atoms with Crippen molar-refractivity contribution < 1.29 is 19.1 Å². The molecule has 6 nitrogen and oxygen atoms in total. The molecule has 0 bridgehead atoms. The number of nitrogens with one attached hydrogen (secondary N) is 2. The molecule has 2 heterocycles. The quantitative estimate of drug-likeness (QED) is 0.637. The lowest BCUT2D eigenvalue weighted by molar-refractivity contribution is 0.0849. The number of halogens is 1. The second-order valence-corrected chi connectivity index (χ2v) is 7.40. The van der Waals surface area contributed by atoms with Crippen molar-refractivity contribution in [1.82, 2.24) is 10.9 Å². The van der Waals surface area contributed by atoms with Gasteiger partial charge in [0.25, 0.3) is 11.8 Å². The summed E-state index contributed by atoms with van der Waals surface area (Å²) in [5.74, 6) is 0.513. The number of hydrazine groups is 1. The Kier molecular flexibility index (Phi) is 5.18. The van der Waals surface area contributed by atoms with E-state index in [0.29, 0.717) is 34.6 Å². The zero-order valence-corrected chi connectivity index (χ0v) is 16.1. The summed E-state index contributed by atoms with van der Waals surface area (Å²) in [6.07, 6.45) is 0. The minimum Gasteiger partial charge on any atom is -0.486 e. The monoisotopic (exact) mass is 414 g/mol. The van der Waals surface area contributed by atoms with Gasteiger partial charge in [-0.1, -0.05) is 23.7 Å². The van der Waals surface area contributed by atoms with Gasteiger partial charge in [0.1, 0.15) is 13.2 Å². The average Bonchev–Trinajstić information content (AvgIpc) is 3.22. The largest absolute Gasteiger partial charge is 0.486 e. The highest BCUT2D eigenvalue weighted by atomic mass is 35.5. The summed E-state index contributed by atoms with van der Waals surface area (Å²) in [5, 5.41) is 0.311. The van der Waals surface area contributed by atoms with Crippen molar-refractivity contribution in [3.8, 4) is 21.9 Å². The minimum absolute atomic E-state index is 0.285. The third-order valence-electron chi connectivity index (χ3n) is 4.06. The molecule has 0 saturated carbocycles. The number of fused-ring (bicyclic) bond motifs is 1. The van der Waals surface area contributed by atoms with Crippen LogP contribution in [0, 0.1) is 0 Å². The molecule has 1 aromatic heterocycles. The molecule has 3 aromatic rings. The summed E-state index contributed by atoms with van der Waals surface area (Å²) in [4.78, 5) is 25.8. The number of carbonyl (C=O) groups is 2. The number of thiophene rings is 1. The molecule has 1 aliphatic rings. The topological polar surface area (TPSA) is 76.7 Å². The van der Waals surface area contributed by atoms with Gasteiger partial charge in [0.15, 0.2) is 11.5 Å². The first-order chi connectivity index (χ1) is 13.6. The van der Waals surface area contributed by atoms with E-state index in [1.54, 1.807) is 30.3 Å².